The zero-order chi connectivity index (χ0) is 13.9. The Labute approximate surface area is 118 Å². The first kappa shape index (κ1) is 14.9. The van der Waals surface area contributed by atoms with E-state index in [0.29, 0.717) is 30.6 Å². The van der Waals surface area contributed by atoms with Crippen LogP contribution in [-0.4, -0.2) is 43.9 Å². The SMILES string of the molecule is CCC1CN(S(=O)(=O)c2ccc(CNC)o2)CCS1. The van der Waals surface area contributed by atoms with Crippen molar-refractivity contribution in [3.05, 3.63) is 17.9 Å². The fourth-order valence-corrected chi connectivity index (χ4v) is 4.86. The van der Waals surface area contributed by atoms with Crippen molar-refractivity contribution in [1.82, 2.24) is 9.62 Å². The number of furan rings is 1. The van der Waals surface area contributed by atoms with E-state index in [-0.39, 0.29) is 5.09 Å². The summed E-state index contributed by atoms with van der Waals surface area (Å²) in [5.41, 5.74) is 0. The molecule has 0 aliphatic carbocycles. The topological polar surface area (TPSA) is 62.6 Å². The number of nitrogens with one attached hydrogen (secondary N) is 1. The second kappa shape index (κ2) is 6.30. The molecule has 108 valence electrons. The highest BCUT2D eigenvalue weighted by molar-refractivity contribution is 8.00. The number of nitrogens with zero attached hydrogens (tertiary/aromatic N) is 1. The number of hydrogen-bond donors (Lipinski definition) is 1. The molecule has 2 rings (SSSR count). The molecule has 1 fully saturated rings. The largest absolute Gasteiger partial charge is 0.447 e. The Bertz CT molecular complexity index is 513. The molecule has 7 heteroatoms. The molecule has 1 aliphatic rings. The molecule has 1 aromatic heterocycles. The summed E-state index contributed by atoms with van der Waals surface area (Å²) in [6.07, 6.45) is 0.986. The minimum atomic E-state index is -3.48. The lowest BCUT2D eigenvalue weighted by atomic mass is 10.3. The molecule has 1 unspecified atom stereocenters. The molecule has 19 heavy (non-hydrogen) atoms. The zero-order valence-corrected chi connectivity index (χ0v) is 12.9. The van der Waals surface area contributed by atoms with E-state index in [9.17, 15) is 8.42 Å². The minimum Gasteiger partial charge on any atom is -0.447 e. The average molecular weight is 304 g/mol. The molecule has 5 nitrogen and oxygen atoms in total. The molecule has 0 amide bonds. The second-order valence-electron chi connectivity index (χ2n) is 4.52. The summed E-state index contributed by atoms with van der Waals surface area (Å²) in [5, 5.41) is 3.38. The van der Waals surface area contributed by atoms with Crippen molar-refractivity contribution < 1.29 is 12.8 Å². The second-order valence-corrected chi connectivity index (χ2v) is 7.79. The molecule has 0 bridgehead atoms. The third kappa shape index (κ3) is 3.34. The van der Waals surface area contributed by atoms with Gasteiger partial charge in [-0.05, 0) is 25.6 Å². The van der Waals surface area contributed by atoms with Gasteiger partial charge in [0.1, 0.15) is 5.76 Å². The van der Waals surface area contributed by atoms with E-state index in [2.05, 4.69) is 12.2 Å². The molecule has 1 aromatic rings. The van der Waals surface area contributed by atoms with Crippen molar-refractivity contribution in [2.45, 2.75) is 30.2 Å². The lowest BCUT2D eigenvalue weighted by Crippen LogP contribution is -2.41. The highest BCUT2D eigenvalue weighted by Crippen LogP contribution is 2.26. The van der Waals surface area contributed by atoms with E-state index in [1.807, 2.05) is 11.8 Å². The van der Waals surface area contributed by atoms with Gasteiger partial charge in [-0.25, -0.2) is 8.42 Å². The van der Waals surface area contributed by atoms with Gasteiger partial charge in [-0.3, -0.25) is 0 Å². The summed E-state index contributed by atoms with van der Waals surface area (Å²) in [4.78, 5) is 0. The van der Waals surface area contributed by atoms with Gasteiger partial charge in [0.15, 0.2) is 0 Å². The Morgan fingerprint density at radius 3 is 3.00 bits per heavy atom. The predicted molar refractivity (Wildman–Crippen MR) is 76.8 cm³/mol. The molecule has 2 heterocycles. The number of thioether (sulfide) groups is 1. The van der Waals surface area contributed by atoms with Crippen LogP contribution in [0.25, 0.3) is 0 Å². The van der Waals surface area contributed by atoms with Crippen molar-refractivity contribution in [3.8, 4) is 0 Å². The summed E-state index contributed by atoms with van der Waals surface area (Å²) in [6, 6.07) is 3.25. The normalized spacial score (nSPS) is 21.7. The third-order valence-corrected chi connectivity index (χ3v) is 6.25. The fraction of sp³-hybridized carbons (Fsp3) is 0.667. The fourth-order valence-electron chi connectivity index (χ4n) is 2.05. The Morgan fingerprint density at radius 1 is 1.53 bits per heavy atom. The Hall–Kier alpha value is -0.500. The molecule has 1 atom stereocenters. The van der Waals surface area contributed by atoms with Gasteiger partial charge in [-0.2, -0.15) is 16.1 Å². The van der Waals surface area contributed by atoms with Crippen molar-refractivity contribution >= 4 is 21.8 Å². The molecular formula is C12H20N2O3S2. The van der Waals surface area contributed by atoms with Crippen LogP contribution in [0.2, 0.25) is 0 Å². The van der Waals surface area contributed by atoms with Crippen molar-refractivity contribution in [1.29, 1.82) is 0 Å². The molecule has 0 spiro atoms. The summed E-state index contributed by atoms with van der Waals surface area (Å²) >= 11 is 1.84. The molecular weight excluding hydrogens is 284 g/mol. The Morgan fingerprint density at radius 2 is 2.32 bits per heavy atom. The maximum absolute atomic E-state index is 12.5. The maximum Gasteiger partial charge on any atom is 0.276 e. The lowest BCUT2D eigenvalue weighted by molar-refractivity contribution is 0.366. The van der Waals surface area contributed by atoms with Crippen molar-refractivity contribution in [2.24, 2.45) is 0 Å². The van der Waals surface area contributed by atoms with E-state index < -0.39 is 10.0 Å². The summed E-state index contributed by atoms with van der Waals surface area (Å²) < 4.78 is 31.9. The van der Waals surface area contributed by atoms with Crippen LogP contribution in [0, 0.1) is 0 Å². The van der Waals surface area contributed by atoms with Crippen LogP contribution < -0.4 is 5.32 Å². The molecule has 1 saturated heterocycles. The highest BCUT2D eigenvalue weighted by atomic mass is 32.2. The smallest absolute Gasteiger partial charge is 0.276 e. The summed E-state index contributed by atoms with van der Waals surface area (Å²) in [5.74, 6) is 1.49. The lowest BCUT2D eigenvalue weighted by Gasteiger charge is -2.30. The van der Waals surface area contributed by atoms with Crippen molar-refractivity contribution in [3.63, 3.8) is 0 Å². The molecule has 0 aromatic carbocycles. The average Bonchev–Trinajstić information content (AvgIpc) is 2.88. The quantitative estimate of drug-likeness (QED) is 0.893. The minimum absolute atomic E-state index is 0.0551. The molecule has 1 aliphatic heterocycles. The first-order valence-electron chi connectivity index (χ1n) is 6.43. The van der Waals surface area contributed by atoms with Gasteiger partial charge in [-0.1, -0.05) is 6.92 Å². The van der Waals surface area contributed by atoms with E-state index in [4.69, 9.17) is 4.42 Å². The van der Waals surface area contributed by atoms with Crippen LogP contribution in [0.1, 0.15) is 19.1 Å². The Kier molecular flexibility index (Phi) is 4.94. The van der Waals surface area contributed by atoms with Gasteiger partial charge in [0.05, 0.1) is 6.54 Å². The van der Waals surface area contributed by atoms with Crippen LogP contribution in [-0.2, 0) is 16.6 Å². The number of rotatable bonds is 5. The maximum atomic E-state index is 12.5. The predicted octanol–water partition coefficient (Wildman–Crippen LogP) is 1.52. The van der Waals surface area contributed by atoms with Gasteiger partial charge in [0, 0.05) is 24.1 Å². The first-order chi connectivity index (χ1) is 9.07. The van der Waals surface area contributed by atoms with Gasteiger partial charge in [-0.15, -0.1) is 0 Å². The highest BCUT2D eigenvalue weighted by Gasteiger charge is 2.32. The monoisotopic (exact) mass is 304 g/mol. The van der Waals surface area contributed by atoms with Crippen LogP contribution in [0.3, 0.4) is 0 Å². The van der Waals surface area contributed by atoms with Crippen molar-refractivity contribution in [2.75, 3.05) is 25.9 Å². The van der Waals surface area contributed by atoms with Gasteiger partial charge in [0.25, 0.3) is 10.0 Å². The Balaban J connectivity index is 2.16. The van der Waals surface area contributed by atoms with Crippen LogP contribution >= 0.6 is 11.8 Å². The number of sulfonamides is 1. The molecule has 0 radical (unpaired) electrons. The first-order valence-corrected chi connectivity index (χ1v) is 8.92. The van der Waals surface area contributed by atoms with E-state index in [1.165, 1.54) is 0 Å². The van der Waals surface area contributed by atoms with E-state index in [0.717, 1.165) is 12.2 Å². The molecule has 0 saturated carbocycles. The van der Waals surface area contributed by atoms with Gasteiger partial charge in [0.2, 0.25) is 5.09 Å². The zero-order valence-electron chi connectivity index (χ0n) is 11.3. The summed E-state index contributed by atoms with van der Waals surface area (Å²) in [7, 11) is -1.68. The van der Waals surface area contributed by atoms with Gasteiger partial charge < -0.3 is 9.73 Å². The van der Waals surface area contributed by atoms with Crippen LogP contribution in [0.15, 0.2) is 21.6 Å². The number of hydrogen-bond acceptors (Lipinski definition) is 5. The third-order valence-electron chi connectivity index (χ3n) is 3.14. The van der Waals surface area contributed by atoms with Gasteiger partial charge >= 0.3 is 0 Å². The van der Waals surface area contributed by atoms with E-state index >= 15 is 0 Å². The van der Waals surface area contributed by atoms with Crippen LogP contribution in [0.5, 0.6) is 0 Å². The van der Waals surface area contributed by atoms with Crippen LogP contribution in [0.4, 0.5) is 0 Å². The van der Waals surface area contributed by atoms with E-state index in [1.54, 1.807) is 23.5 Å². The molecule has 1 N–H and O–H groups in total. The standard InChI is InChI=1S/C12H20N2O3S2/c1-3-11-9-14(6-7-18-11)19(15,16)12-5-4-10(17-12)8-13-2/h4-5,11,13H,3,6-9H2,1-2H3. The summed E-state index contributed by atoms with van der Waals surface area (Å²) in [6.45, 7) is 3.76.